The molecular formula is C15H29NO2S. The molecular weight excluding hydrogens is 258 g/mol. The summed E-state index contributed by atoms with van der Waals surface area (Å²) in [5.41, 5.74) is 1.08. The molecule has 1 amide bonds. The Balaban J connectivity index is 4.29. The highest BCUT2D eigenvalue weighted by Crippen LogP contribution is 2.23. The number of carbonyl (C=O) groups excluding carboxylic acids is 1. The minimum Gasteiger partial charge on any atom is -0.384 e. The lowest BCUT2D eigenvalue weighted by atomic mass is 10.1. The molecule has 19 heavy (non-hydrogen) atoms. The molecule has 0 aliphatic carbocycles. The Kier molecular flexibility index (Phi) is 12.2. The Morgan fingerprint density at radius 2 is 1.95 bits per heavy atom. The number of carbonyl (C=O) groups is 1. The third kappa shape index (κ3) is 8.32. The average molecular weight is 287 g/mol. The number of amides is 1. The Labute approximate surface area is 122 Å². The van der Waals surface area contributed by atoms with Gasteiger partial charge in [0.1, 0.15) is 0 Å². The first-order valence-corrected chi connectivity index (χ1v) is 8.38. The van der Waals surface area contributed by atoms with Crippen molar-refractivity contribution in [2.45, 2.75) is 52.4 Å². The highest BCUT2D eigenvalue weighted by Gasteiger charge is 2.09. The van der Waals surface area contributed by atoms with Crippen LogP contribution in [-0.2, 0) is 9.53 Å². The molecule has 0 fully saturated rings. The molecule has 0 saturated heterocycles. The maximum Gasteiger partial charge on any atom is 0.213 e. The van der Waals surface area contributed by atoms with Crippen molar-refractivity contribution < 1.29 is 9.53 Å². The van der Waals surface area contributed by atoms with Crippen LogP contribution in [0.3, 0.4) is 0 Å². The molecule has 0 aromatic rings. The van der Waals surface area contributed by atoms with Gasteiger partial charge in [-0.2, -0.15) is 0 Å². The summed E-state index contributed by atoms with van der Waals surface area (Å²) in [6, 6.07) is 0. The van der Waals surface area contributed by atoms with Crippen LogP contribution in [0, 0.1) is 0 Å². The predicted octanol–water partition coefficient (Wildman–Crippen LogP) is 4.05. The molecule has 0 heterocycles. The van der Waals surface area contributed by atoms with Crippen LogP contribution >= 0.6 is 11.8 Å². The first-order chi connectivity index (χ1) is 9.21. The van der Waals surface area contributed by atoms with Gasteiger partial charge in [0, 0.05) is 30.7 Å². The molecule has 0 radical (unpaired) electrons. The van der Waals surface area contributed by atoms with Gasteiger partial charge in [-0.25, -0.2) is 0 Å². The molecule has 4 heteroatoms. The normalized spacial score (nSPS) is 12.2. The lowest BCUT2D eigenvalue weighted by molar-refractivity contribution is -0.116. The van der Waals surface area contributed by atoms with Crippen molar-refractivity contribution in [1.82, 2.24) is 4.90 Å². The fraction of sp³-hybridized carbons (Fsp3) is 0.800. The van der Waals surface area contributed by atoms with Gasteiger partial charge in [-0.1, -0.05) is 32.6 Å². The molecule has 0 aliphatic heterocycles. The van der Waals surface area contributed by atoms with Gasteiger partial charge in [0.25, 0.3) is 0 Å². The van der Waals surface area contributed by atoms with Crippen molar-refractivity contribution in [1.29, 1.82) is 0 Å². The van der Waals surface area contributed by atoms with Crippen LogP contribution in [0.4, 0.5) is 0 Å². The van der Waals surface area contributed by atoms with E-state index in [9.17, 15) is 4.79 Å². The number of methoxy groups -OCH3 is 1. The highest BCUT2D eigenvalue weighted by atomic mass is 32.2. The maximum absolute atomic E-state index is 11.2. The third-order valence-corrected chi connectivity index (χ3v) is 4.24. The van der Waals surface area contributed by atoms with Crippen LogP contribution in [0.25, 0.3) is 0 Å². The van der Waals surface area contributed by atoms with Crippen molar-refractivity contribution in [3.8, 4) is 0 Å². The van der Waals surface area contributed by atoms with Crippen molar-refractivity contribution in [2.75, 3.05) is 26.5 Å². The number of hydrogen-bond acceptors (Lipinski definition) is 3. The summed E-state index contributed by atoms with van der Waals surface area (Å²) < 4.78 is 5.11. The monoisotopic (exact) mass is 287 g/mol. The first kappa shape index (κ1) is 18.5. The smallest absolute Gasteiger partial charge is 0.213 e. The molecule has 0 aliphatic rings. The van der Waals surface area contributed by atoms with Crippen LogP contribution in [0.15, 0.2) is 10.6 Å². The number of unbranched alkanes of at least 4 members (excludes halogenated alkanes) is 4. The van der Waals surface area contributed by atoms with E-state index in [4.69, 9.17) is 4.74 Å². The number of nitrogens with zero attached hydrogens (tertiary/aromatic N) is 1. The second-order valence-electron chi connectivity index (χ2n) is 4.67. The number of ether oxygens (including phenoxy) is 1. The average Bonchev–Trinajstić information content (AvgIpc) is 2.43. The van der Waals surface area contributed by atoms with E-state index in [1.807, 2.05) is 11.8 Å². The summed E-state index contributed by atoms with van der Waals surface area (Å²) in [4.78, 5) is 14.3. The zero-order valence-corrected chi connectivity index (χ0v) is 13.7. The summed E-state index contributed by atoms with van der Waals surface area (Å²) >= 11 is 1.71. The Bertz CT molecular complexity index is 267. The van der Waals surface area contributed by atoms with Gasteiger partial charge in [-0.3, -0.25) is 4.79 Å². The molecule has 0 N–H and O–H groups in total. The number of hydrogen-bond donors (Lipinski definition) is 0. The molecule has 3 nitrogen and oxygen atoms in total. The number of thioether (sulfide) groups is 1. The lowest BCUT2D eigenvalue weighted by Crippen LogP contribution is -2.22. The van der Waals surface area contributed by atoms with E-state index in [-0.39, 0.29) is 0 Å². The van der Waals surface area contributed by atoms with Gasteiger partial charge in [0.2, 0.25) is 6.41 Å². The maximum atomic E-state index is 11.2. The van der Waals surface area contributed by atoms with Gasteiger partial charge < -0.3 is 9.64 Å². The molecule has 112 valence electrons. The van der Waals surface area contributed by atoms with Gasteiger partial charge in [-0.15, -0.1) is 11.8 Å². The fourth-order valence-electron chi connectivity index (χ4n) is 1.97. The SMILES string of the molecule is CCCCCCCN(C=O)/C(C)=C(/CCOC)SC. The van der Waals surface area contributed by atoms with Crippen molar-refractivity contribution in [2.24, 2.45) is 0 Å². The molecule has 0 rings (SSSR count). The van der Waals surface area contributed by atoms with E-state index in [2.05, 4.69) is 13.2 Å². The van der Waals surface area contributed by atoms with Crippen LogP contribution < -0.4 is 0 Å². The van der Waals surface area contributed by atoms with E-state index >= 15 is 0 Å². The molecule has 0 atom stereocenters. The zero-order valence-electron chi connectivity index (χ0n) is 12.9. The summed E-state index contributed by atoms with van der Waals surface area (Å²) in [7, 11) is 1.71. The lowest BCUT2D eigenvalue weighted by Gasteiger charge is -2.21. The molecule has 0 saturated carbocycles. The van der Waals surface area contributed by atoms with Gasteiger partial charge >= 0.3 is 0 Å². The van der Waals surface area contributed by atoms with E-state index < -0.39 is 0 Å². The minimum atomic E-state index is 0.705. The van der Waals surface area contributed by atoms with Crippen LogP contribution in [-0.4, -0.2) is 37.8 Å². The van der Waals surface area contributed by atoms with Crippen molar-refractivity contribution >= 4 is 18.2 Å². The zero-order chi connectivity index (χ0) is 14.5. The van der Waals surface area contributed by atoms with Gasteiger partial charge in [0.05, 0.1) is 6.61 Å². The number of rotatable bonds is 12. The summed E-state index contributed by atoms with van der Waals surface area (Å²) in [5, 5.41) is 0. The van der Waals surface area contributed by atoms with Gasteiger partial charge in [-0.05, 0) is 19.6 Å². The highest BCUT2D eigenvalue weighted by molar-refractivity contribution is 8.02. The quantitative estimate of drug-likeness (QED) is 0.401. The third-order valence-electron chi connectivity index (χ3n) is 3.24. The molecule has 0 spiro atoms. The molecule has 0 unspecified atom stereocenters. The van der Waals surface area contributed by atoms with Crippen molar-refractivity contribution in [3.63, 3.8) is 0 Å². The van der Waals surface area contributed by atoms with E-state index in [1.54, 1.807) is 18.9 Å². The Hall–Kier alpha value is -0.480. The second-order valence-corrected chi connectivity index (χ2v) is 5.57. The van der Waals surface area contributed by atoms with E-state index in [0.29, 0.717) is 6.61 Å². The molecule has 0 aromatic carbocycles. The van der Waals surface area contributed by atoms with Crippen LogP contribution in [0.5, 0.6) is 0 Å². The molecule has 0 bridgehead atoms. The van der Waals surface area contributed by atoms with Crippen molar-refractivity contribution in [3.05, 3.63) is 10.6 Å². The topological polar surface area (TPSA) is 29.5 Å². The summed E-state index contributed by atoms with van der Waals surface area (Å²) in [5.74, 6) is 0. The predicted molar refractivity (Wildman–Crippen MR) is 84.2 cm³/mol. The largest absolute Gasteiger partial charge is 0.384 e. The van der Waals surface area contributed by atoms with E-state index in [1.165, 1.54) is 30.6 Å². The van der Waals surface area contributed by atoms with E-state index in [0.717, 1.165) is 31.5 Å². The fourth-order valence-corrected chi connectivity index (χ4v) is 2.67. The summed E-state index contributed by atoms with van der Waals surface area (Å²) in [6.45, 7) is 5.78. The van der Waals surface area contributed by atoms with Gasteiger partial charge in [0.15, 0.2) is 0 Å². The minimum absolute atomic E-state index is 0.705. The summed E-state index contributed by atoms with van der Waals surface area (Å²) in [6.07, 6.45) is 10.00. The Morgan fingerprint density at radius 3 is 2.47 bits per heavy atom. The second kappa shape index (κ2) is 12.5. The molecule has 0 aromatic heterocycles. The van der Waals surface area contributed by atoms with Crippen LogP contribution in [0.1, 0.15) is 52.4 Å². The standard InChI is InChI=1S/C15H29NO2S/c1-5-6-7-8-9-11-16(13-17)14(2)15(19-4)10-12-18-3/h13H,5-12H2,1-4H3/b15-14-. The Morgan fingerprint density at radius 1 is 1.26 bits per heavy atom. The number of allylic oxidation sites excluding steroid dienone is 1. The van der Waals surface area contributed by atoms with Crippen LogP contribution in [0.2, 0.25) is 0 Å². The first-order valence-electron chi connectivity index (χ1n) is 7.15.